The fourth-order valence-electron chi connectivity index (χ4n) is 1.97. The van der Waals surface area contributed by atoms with Crippen LogP contribution in [0.2, 0.25) is 0 Å². The molecule has 3 rings (SSSR count). The molecule has 0 atom stereocenters. The van der Waals surface area contributed by atoms with Crippen LogP contribution in [-0.2, 0) is 16.2 Å². The first-order valence-electron chi connectivity index (χ1n) is 6.29. The minimum absolute atomic E-state index is 0.170. The van der Waals surface area contributed by atoms with Gasteiger partial charge in [-0.1, -0.05) is 6.07 Å². The predicted octanol–water partition coefficient (Wildman–Crippen LogP) is 3.65. The second-order valence-corrected chi connectivity index (χ2v) is 6.35. The number of fused-ring (bicyclic) bond motifs is 1. The van der Waals surface area contributed by atoms with Gasteiger partial charge in [0, 0.05) is 0 Å². The molecule has 5 nitrogen and oxygen atoms in total. The van der Waals surface area contributed by atoms with E-state index in [1.165, 1.54) is 24.6 Å². The highest BCUT2D eigenvalue weighted by atomic mass is 32.2. The lowest BCUT2D eigenvalue weighted by atomic mass is 10.2. The first-order chi connectivity index (χ1) is 10.8. The van der Waals surface area contributed by atoms with Crippen LogP contribution in [0.25, 0.3) is 11.1 Å². The number of anilines is 1. The Balaban J connectivity index is 1.95. The summed E-state index contributed by atoms with van der Waals surface area (Å²) in [6, 6.07) is 7.87. The molecule has 0 bridgehead atoms. The molecule has 0 aliphatic carbocycles. The molecule has 2 aromatic carbocycles. The van der Waals surface area contributed by atoms with E-state index in [0.717, 1.165) is 18.2 Å². The second-order valence-electron chi connectivity index (χ2n) is 4.67. The Labute approximate surface area is 128 Å². The molecule has 0 saturated heterocycles. The molecule has 23 heavy (non-hydrogen) atoms. The van der Waals surface area contributed by atoms with Gasteiger partial charge in [0.25, 0.3) is 10.0 Å². The van der Waals surface area contributed by atoms with Crippen molar-refractivity contribution in [3.63, 3.8) is 0 Å². The van der Waals surface area contributed by atoms with E-state index in [2.05, 4.69) is 9.71 Å². The van der Waals surface area contributed by atoms with E-state index in [4.69, 9.17) is 4.42 Å². The summed E-state index contributed by atoms with van der Waals surface area (Å²) < 4.78 is 69.8. The number of aromatic nitrogens is 1. The molecule has 0 aliphatic rings. The van der Waals surface area contributed by atoms with Crippen LogP contribution >= 0.6 is 0 Å². The summed E-state index contributed by atoms with van der Waals surface area (Å²) in [4.78, 5) is 3.40. The Morgan fingerprint density at radius 2 is 1.87 bits per heavy atom. The van der Waals surface area contributed by atoms with Gasteiger partial charge in [-0.25, -0.2) is 13.4 Å². The second kappa shape index (κ2) is 5.27. The van der Waals surface area contributed by atoms with E-state index in [1.54, 1.807) is 0 Å². The standard InChI is InChI=1S/C14H9F3N2O3S/c15-14(16,17)9-2-1-3-11(6-9)23(20,21)19-10-4-5-13-12(7-10)18-8-22-13/h1-8,19H. The van der Waals surface area contributed by atoms with Crippen LogP contribution in [0.5, 0.6) is 0 Å². The zero-order valence-electron chi connectivity index (χ0n) is 11.3. The average molecular weight is 342 g/mol. The first-order valence-corrected chi connectivity index (χ1v) is 7.77. The zero-order chi connectivity index (χ0) is 16.7. The van der Waals surface area contributed by atoms with Crippen LogP contribution < -0.4 is 4.72 Å². The third-order valence-electron chi connectivity index (χ3n) is 3.05. The van der Waals surface area contributed by atoms with Gasteiger partial charge in [0.1, 0.15) is 5.52 Å². The average Bonchev–Trinajstić information content (AvgIpc) is 2.93. The van der Waals surface area contributed by atoms with Crippen molar-refractivity contribution in [1.29, 1.82) is 0 Å². The number of oxazole rings is 1. The molecule has 0 amide bonds. The number of nitrogens with zero attached hydrogens (tertiary/aromatic N) is 1. The Kier molecular flexibility index (Phi) is 3.52. The fourth-order valence-corrected chi connectivity index (χ4v) is 3.07. The molecule has 3 aromatic rings. The van der Waals surface area contributed by atoms with Gasteiger partial charge in [-0.3, -0.25) is 4.72 Å². The van der Waals surface area contributed by atoms with Crippen molar-refractivity contribution in [3.8, 4) is 0 Å². The van der Waals surface area contributed by atoms with Gasteiger partial charge in [0.05, 0.1) is 16.1 Å². The predicted molar refractivity (Wildman–Crippen MR) is 76.3 cm³/mol. The molecule has 1 N–H and O–H groups in total. The quantitative estimate of drug-likeness (QED) is 0.789. The van der Waals surface area contributed by atoms with Gasteiger partial charge in [0.2, 0.25) is 0 Å². The monoisotopic (exact) mass is 342 g/mol. The Morgan fingerprint density at radius 1 is 1.09 bits per heavy atom. The lowest BCUT2D eigenvalue weighted by molar-refractivity contribution is -0.137. The maximum Gasteiger partial charge on any atom is 0.416 e. The molecular formula is C14H9F3N2O3S. The smallest absolute Gasteiger partial charge is 0.416 e. The molecule has 0 radical (unpaired) electrons. The summed E-state index contributed by atoms with van der Waals surface area (Å²) in [5.74, 6) is 0. The molecule has 0 unspecified atom stereocenters. The number of hydrogen-bond donors (Lipinski definition) is 1. The van der Waals surface area contributed by atoms with Crippen LogP contribution in [0.15, 0.2) is 58.2 Å². The Hall–Kier alpha value is -2.55. The lowest BCUT2D eigenvalue weighted by Crippen LogP contribution is -2.14. The fraction of sp³-hybridized carbons (Fsp3) is 0.0714. The third kappa shape index (κ3) is 3.14. The van der Waals surface area contributed by atoms with Crippen molar-refractivity contribution < 1.29 is 26.0 Å². The van der Waals surface area contributed by atoms with E-state index < -0.39 is 26.7 Å². The highest BCUT2D eigenvalue weighted by Crippen LogP contribution is 2.31. The van der Waals surface area contributed by atoms with Crippen LogP contribution in [0.1, 0.15) is 5.56 Å². The summed E-state index contributed by atoms with van der Waals surface area (Å²) >= 11 is 0. The lowest BCUT2D eigenvalue weighted by Gasteiger charge is -2.11. The molecule has 9 heteroatoms. The topological polar surface area (TPSA) is 72.2 Å². The van der Waals surface area contributed by atoms with Crippen molar-refractivity contribution in [2.24, 2.45) is 0 Å². The van der Waals surface area contributed by atoms with Crippen LogP contribution in [0.4, 0.5) is 18.9 Å². The van der Waals surface area contributed by atoms with Crippen molar-refractivity contribution in [2.45, 2.75) is 11.1 Å². The van der Waals surface area contributed by atoms with Crippen molar-refractivity contribution in [2.75, 3.05) is 4.72 Å². The van der Waals surface area contributed by atoms with Gasteiger partial charge in [0.15, 0.2) is 12.0 Å². The number of sulfonamides is 1. The minimum Gasteiger partial charge on any atom is -0.443 e. The van der Waals surface area contributed by atoms with Crippen LogP contribution in [0.3, 0.4) is 0 Å². The number of benzene rings is 2. The maximum atomic E-state index is 12.7. The molecular weight excluding hydrogens is 333 g/mol. The number of nitrogens with one attached hydrogen (secondary N) is 1. The highest BCUT2D eigenvalue weighted by molar-refractivity contribution is 7.92. The Bertz CT molecular complexity index is 965. The molecule has 1 aromatic heterocycles. The number of hydrogen-bond acceptors (Lipinski definition) is 4. The normalized spacial score (nSPS) is 12.5. The van der Waals surface area contributed by atoms with Gasteiger partial charge in [-0.15, -0.1) is 0 Å². The van der Waals surface area contributed by atoms with E-state index >= 15 is 0 Å². The first kappa shape index (κ1) is 15.3. The minimum atomic E-state index is -4.62. The molecule has 0 fully saturated rings. The molecule has 0 spiro atoms. The summed E-state index contributed by atoms with van der Waals surface area (Å²) in [6.45, 7) is 0. The van der Waals surface area contributed by atoms with Crippen molar-refractivity contribution in [1.82, 2.24) is 4.98 Å². The molecule has 1 heterocycles. The van der Waals surface area contributed by atoms with Crippen LogP contribution in [-0.4, -0.2) is 13.4 Å². The van der Waals surface area contributed by atoms with Crippen molar-refractivity contribution >= 4 is 26.8 Å². The molecule has 0 saturated carbocycles. The van der Waals surface area contributed by atoms with E-state index in [1.807, 2.05) is 0 Å². The SMILES string of the molecule is O=S(=O)(Nc1ccc2ocnc2c1)c1cccc(C(F)(F)F)c1. The number of alkyl halides is 3. The summed E-state index contributed by atoms with van der Waals surface area (Å²) in [6.07, 6.45) is -3.42. The van der Waals surface area contributed by atoms with Crippen molar-refractivity contribution in [3.05, 3.63) is 54.4 Å². The van der Waals surface area contributed by atoms with Gasteiger partial charge in [-0.2, -0.15) is 13.2 Å². The molecule has 0 aliphatic heterocycles. The van der Waals surface area contributed by atoms with E-state index in [0.29, 0.717) is 17.2 Å². The van der Waals surface area contributed by atoms with Gasteiger partial charge in [-0.05, 0) is 36.4 Å². The maximum absolute atomic E-state index is 12.7. The molecule has 120 valence electrons. The van der Waals surface area contributed by atoms with Gasteiger partial charge < -0.3 is 4.42 Å². The van der Waals surface area contributed by atoms with E-state index in [9.17, 15) is 21.6 Å². The number of halogens is 3. The van der Waals surface area contributed by atoms with Gasteiger partial charge >= 0.3 is 6.18 Å². The van der Waals surface area contributed by atoms with Crippen LogP contribution in [0, 0.1) is 0 Å². The summed E-state index contributed by atoms with van der Waals surface area (Å²) in [5.41, 5.74) is 0.0254. The largest absolute Gasteiger partial charge is 0.443 e. The summed E-state index contributed by atoms with van der Waals surface area (Å²) in [7, 11) is -4.16. The Morgan fingerprint density at radius 3 is 2.61 bits per heavy atom. The number of rotatable bonds is 3. The zero-order valence-corrected chi connectivity index (χ0v) is 12.1. The third-order valence-corrected chi connectivity index (χ3v) is 4.43. The highest BCUT2D eigenvalue weighted by Gasteiger charge is 2.31. The van der Waals surface area contributed by atoms with E-state index in [-0.39, 0.29) is 5.69 Å². The summed E-state index contributed by atoms with van der Waals surface area (Å²) in [5, 5.41) is 0.